The lowest BCUT2D eigenvalue weighted by Gasteiger charge is -2.36. The lowest BCUT2D eigenvalue weighted by Crippen LogP contribution is -2.64. The summed E-state index contributed by atoms with van der Waals surface area (Å²) in [6, 6.07) is -0.744. The maximum atomic E-state index is 11.9. The Kier molecular flexibility index (Phi) is 3.47. The molecule has 1 aliphatic rings. The van der Waals surface area contributed by atoms with Gasteiger partial charge in [-0.15, -0.1) is 0 Å². The first-order valence-corrected chi connectivity index (χ1v) is 5.23. The highest BCUT2D eigenvalue weighted by Crippen LogP contribution is 2.34. The highest BCUT2D eigenvalue weighted by atomic mass is 16.2. The van der Waals surface area contributed by atoms with Gasteiger partial charge >= 0.3 is 6.03 Å². The van der Waals surface area contributed by atoms with E-state index in [2.05, 4.69) is 10.6 Å². The van der Waals surface area contributed by atoms with Gasteiger partial charge in [0.1, 0.15) is 5.41 Å². The molecule has 16 heavy (non-hydrogen) atoms. The highest BCUT2D eigenvalue weighted by molar-refractivity contribution is 6.19. The minimum absolute atomic E-state index is 0.184. The number of rotatable bonds is 3. The predicted molar refractivity (Wildman–Crippen MR) is 58.4 cm³/mol. The van der Waals surface area contributed by atoms with Crippen molar-refractivity contribution in [2.75, 3.05) is 0 Å². The Hall–Kier alpha value is -1.65. The normalized spacial score (nSPS) is 20.1. The number of carbonyl (C=O) groups is 3. The molecule has 4 amide bonds. The lowest BCUT2D eigenvalue weighted by molar-refractivity contribution is -0.147. The van der Waals surface area contributed by atoms with Gasteiger partial charge in [-0.05, 0) is 19.3 Å². The van der Waals surface area contributed by atoms with Crippen molar-refractivity contribution in [2.24, 2.45) is 11.3 Å². The smallest absolute Gasteiger partial charge is 0.277 e. The second kappa shape index (κ2) is 4.47. The molecule has 0 aromatic carbocycles. The molecule has 5 heteroatoms. The quantitative estimate of drug-likeness (QED) is 0.554. The van der Waals surface area contributed by atoms with Crippen LogP contribution in [0.4, 0.5) is 4.79 Å². The molecule has 2 N–H and O–H groups in total. The molecule has 1 aliphatic heterocycles. The van der Waals surface area contributed by atoms with E-state index < -0.39 is 23.3 Å². The first-order chi connectivity index (χ1) is 7.45. The summed E-state index contributed by atoms with van der Waals surface area (Å²) in [5.74, 6) is -1.22. The summed E-state index contributed by atoms with van der Waals surface area (Å²) in [7, 11) is 0. The van der Waals surface area contributed by atoms with Crippen LogP contribution < -0.4 is 10.6 Å². The van der Waals surface area contributed by atoms with Crippen LogP contribution in [0.3, 0.4) is 0 Å². The van der Waals surface area contributed by atoms with Crippen LogP contribution in [0.15, 0.2) is 12.2 Å². The van der Waals surface area contributed by atoms with Crippen LogP contribution in [-0.4, -0.2) is 17.8 Å². The van der Waals surface area contributed by atoms with Gasteiger partial charge in [0.05, 0.1) is 0 Å². The number of carbonyl (C=O) groups excluding carboxylic acids is 3. The Morgan fingerprint density at radius 2 is 1.69 bits per heavy atom. The zero-order chi connectivity index (χ0) is 12.3. The largest absolute Gasteiger partial charge is 0.328 e. The summed E-state index contributed by atoms with van der Waals surface area (Å²) in [4.78, 5) is 34.7. The van der Waals surface area contributed by atoms with Gasteiger partial charge in [0.15, 0.2) is 0 Å². The molecule has 0 aliphatic carbocycles. The number of amides is 4. The fourth-order valence-electron chi connectivity index (χ4n) is 1.81. The zero-order valence-corrected chi connectivity index (χ0v) is 9.66. The lowest BCUT2D eigenvalue weighted by atomic mass is 9.72. The SMILES string of the molecule is CC=CCC1(C(C)C)C(=O)NC(=O)NC1=O. The minimum atomic E-state index is -1.18. The number of barbiturate groups is 1. The first-order valence-electron chi connectivity index (χ1n) is 5.23. The Labute approximate surface area is 94.3 Å². The third-order valence-corrected chi connectivity index (χ3v) is 2.93. The van der Waals surface area contributed by atoms with Gasteiger partial charge in [-0.2, -0.15) is 0 Å². The Balaban J connectivity index is 3.11. The predicted octanol–water partition coefficient (Wildman–Crippen LogP) is 0.961. The number of hydrogen-bond donors (Lipinski definition) is 2. The van der Waals surface area contributed by atoms with Crippen LogP contribution in [0, 0.1) is 11.3 Å². The van der Waals surface area contributed by atoms with Crippen molar-refractivity contribution in [1.29, 1.82) is 0 Å². The summed E-state index contributed by atoms with van der Waals surface area (Å²) in [6.07, 6.45) is 3.84. The van der Waals surface area contributed by atoms with Crippen molar-refractivity contribution in [3.05, 3.63) is 12.2 Å². The number of nitrogens with one attached hydrogen (secondary N) is 2. The van der Waals surface area contributed by atoms with E-state index in [4.69, 9.17) is 0 Å². The van der Waals surface area contributed by atoms with Crippen molar-refractivity contribution < 1.29 is 14.4 Å². The molecular weight excluding hydrogens is 208 g/mol. The zero-order valence-electron chi connectivity index (χ0n) is 9.66. The van der Waals surface area contributed by atoms with Crippen LogP contribution in [-0.2, 0) is 9.59 Å². The number of hydrogen-bond acceptors (Lipinski definition) is 3. The number of urea groups is 1. The van der Waals surface area contributed by atoms with Crippen molar-refractivity contribution >= 4 is 17.8 Å². The average molecular weight is 224 g/mol. The highest BCUT2D eigenvalue weighted by Gasteiger charge is 2.51. The molecule has 1 heterocycles. The van der Waals surface area contributed by atoms with E-state index in [0.29, 0.717) is 6.42 Å². The van der Waals surface area contributed by atoms with Crippen LogP contribution >= 0.6 is 0 Å². The van der Waals surface area contributed by atoms with E-state index in [-0.39, 0.29) is 5.92 Å². The van der Waals surface area contributed by atoms with E-state index in [1.807, 2.05) is 6.92 Å². The van der Waals surface area contributed by atoms with Crippen LogP contribution in [0.2, 0.25) is 0 Å². The number of allylic oxidation sites excluding steroid dienone is 2. The van der Waals surface area contributed by atoms with E-state index in [1.54, 1.807) is 26.0 Å². The molecule has 0 spiro atoms. The van der Waals surface area contributed by atoms with Gasteiger partial charge in [-0.3, -0.25) is 20.2 Å². The molecule has 0 unspecified atom stereocenters. The second-order valence-electron chi connectivity index (χ2n) is 4.14. The number of imide groups is 2. The van der Waals surface area contributed by atoms with Crippen molar-refractivity contribution in [1.82, 2.24) is 10.6 Å². The summed E-state index contributed by atoms with van der Waals surface area (Å²) in [5.41, 5.74) is -1.18. The third kappa shape index (κ3) is 1.85. The van der Waals surface area contributed by atoms with Gasteiger partial charge in [0, 0.05) is 0 Å². The topological polar surface area (TPSA) is 75.3 Å². The molecular formula is C11H16N2O3. The van der Waals surface area contributed by atoms with Gasteiger partial charge in [0.2, 0.25) is 11.8 Å². The molecule has 0 radical (unpaired) electrons. The summed E-state index contributed by atoms with van der Waals surface area (Å²) in [6.45, 7) is 5.40. The van der Waals surface area contributed by atoms with Crippen LogP contribution in [0.25, 0.3) is 0 Å². The van der Waals surface area contributed by atoms with E-state index >= 15 is 0 Å². The average Bonchev–Trinajstić information content (AvgIpc) is 2.16. The summed E-state index contributed by atoms with van der Waals surface area (Å²) in [5, 5.41) is 4.29. The van der Waals surface area contributed by atoms with Gasteiger partial charge in [-0.1, -0.05) is 26.0 Å². The van der Waals surface area contributed by atoms with E-state index in [1.165, 1.54) is 0 Å². The molecule has 1 saturated heterocycles. The Bertz CT molecular complexity index is 338. The fourth-order valence-corrected chi connectivity index (χ4v) is 1.81. The Morgan fingerprint density at radius 1 is 1.19 bits per heavy atom. The molecule has 1 fully saturated rings. The molecule has 0 aromatic rings. The third-order valence-electron chi connectivity index (χ3n) is 2.93. The summed E-state index contributed by atoms with van der Waals surface area (Å²) >= 11 is 0. The van der Waals surface area contributed by atoms with Crippen molar-refractivity contribution in [2.45, 2.75) is 27.2 Å². The molecule has 0 atom stereocenters. The fraction of sp³-hybridized carbons (Fsp3) is 0.545. The monoisotopic (exact) mass is 224 g/mol. The molecule has 0 saturated carbocycles. The molecule has 0 aromatic heterocycles. The molecule has 5 nitrogen and oxygen atoms in total. The second-order valence-corrected chi connectivity index (χ2v) is 4.14. The summed E-state index contributed by atoms with van der Waals surface area (Å²) < 4.78 is 0. The maximum Gasteiger partial charge on any atom is 0.328 e. The van der Waals surface area contributed by atoms with Gasteiger partial charge in [-0.25, -0.2) is 4.79 Å². The first kappa shape index (κ1) is 12.4. The van der Waals surface area contributed by atoms with Crippen LogP contribution in [0.1, 0.15) is 27.2 Å². The van der Waals surface area contributed by atoms with E-state index in [0.717, 1.165) is 0 Å². The standard InChI is InChI=1S/C11H16N2O3/c1-4-5-6-11(7(2)3)8(14)12-10(16)13-9(11)15/h4-5,7H,6H2,1-3H3,(H2,12,13,14,15,16). The van der Waals surface area contributed by atoms with Crippen molar-refractivity contribution in [3.63, 3.8) is 0 Å². The van der Waals surface area contributed by atoms with E-state index in [9.17, 15) is 14.4 Å². The van der Waals surface area contributed by atoms with Gasteiger partial charge in [0.25, 0.3) is 0 Å². The Morgan fingerprint density at radius 3 is 2.06 bits per heavy atom. The molecule has 88 valence electrons. The molecule has 1 rings (SSSR count). The van der Waals surface area contributed by atoms with Gasteiger partial charge < -0.3 is 0 Å². The molecule has 0 bridgehead atoms. The van der Waals surface area contributed by atoms with Crippen LogP contribution in [0.5, 0.6) is 0 Å². The van der Waals surface area contributed by atoms with Crippen molar-refractivity contribution in [3.8, 4) is 0 Å². The maximum absolute atomic E-state index is 11.9. The minimum Gasteiger partial charge on any atom is -0.277 e.